The minimum Gasteiger partial charge on any atom is -0.502 e. The van der Waals surface area contributed by atoms with E-state index in [0.717, 1.165) is 19.4 Å². The number of hydrogen-bond donors (Lipinski definition) is 1. The van der Waals surface area contributed by atoms with Crippen molar-refractivity contribution in [3.05, 3.63) is 12.3 Å². The van der Waals surface area contributed by atoms with Crippen LogP contribution in [0.3, 0.4) is 0 Å². The van der Waals surface area contributed by atoms with Crippen LogP contribution < -0.4 is 0 Å². The highest BCUT2D eigenvalue weighted by molar-refractivity contribution is 5.70. The molecule has 0 spiro atoms. The number of aliphatic hydroxyl groups is 1. The molecule has 0 aromatic carbocycles. The maximum Gasteiger partial charge on any atom is 0.331 e. The summed E-state index contributed by atoms with van der Waals surface area (Å²) in [4.78, 5) is 10.2. The molecule has 0 amide bonds. The van der Waals surface area contributed by atoms with Gasteiger partial charge in [0, 0.05) is 0 Å². The van der Waals surface area contributed by atoms with E-state index in [2.05, 4.69) is 4.74 Å². The van der Waals surface area contributed by atoms with Crippen LogP contribution in [0.5, 0.6) is 0 Å². The van der Waals surface area contributed by atoms with Crippen LogP contribution in [0.15, 0.2) is 12.3 Å². The Morgan fingerprint density at radius 3 is 2.73 bits per heavy atom. The molecule has 0 aliphatic carbocycles. The zero-order valence-electron chi connectivity index (χ0n) is 9.28. The van der Waals surface area contributed by atoms with Gasteiger partial charge in [0.15, 0.2) is 0 Å². The molecule has 0 aromatic rings. The van der Waals surface area contributed by atoms with Crippen molar-refractivity contribution in [2.24, 2.45) is 0 Å². The number of aliphatic hydroxyl groups excluding tert-OH is 1. The lowest BCUT2D eigenvalue weighted by Crippen LogP contribution is -2.09. The van der Waals surface area contributed by atoms with E-state index in [1.165, 1.54) is 12.8 Å². The van der Waals surface area contributed by atoms with E-state index < -0.39 is 12.6 Å². The van der Waals surface area contributed by atoms with Gasteiger partial charge in [0.1, 0.15) is 6.61 Å². The zero-order valence-corrected chi connectivity index (χ0v) is 9.28. The van der Waals surface area contributed by atoms with Gasteiger partial charge < -0.3 is 14.6 Å². The number of carbonyl (C=O) groups excluding carboxylic acids is 1. The van der Waals surface area contributed by atoms with Crippen LogP contribution in [0, 0.1) is 0 Å². The summed E-state index contributed by atoms with van der Waals surface area (Å²) in [6.45, 7) is 2.84. The minimum atomic E-state index is -0.538. The third-order valence-corrected chi connectivity index (χ3v) is 1.72. The Bertz CT molecular complexity index is 169. The summed E-state index contributed by atoms with van der Waals surface area (Å²) in [6.07, 6.45) is 8.06. The summed E-state index contributed by atoms with van der Waals surface area (Å²) >= 11 is 0. The SMILES string of the molecule is C1=COCCC1.CCCCOC(=O)CO. The van der Waals surface area contributed by atoms with Crippen molar-refractivity contribution < 1.29 is 19.4 Å². The summed E-state index contributed by atoms with van der Waals surface area (Å²) in [5, 5.41) is 8.16. The molecule has 4 nitrogen and oxygen atoms in total. The molecule has 0 saturated carbocycles. The van der Waals surface area contributed by atoms with Gasteiger partial charge in [0.25, 0.3) is 0 Å². The van der Waals surface area contributed by atoms with Gasteiger partial charge in [-0.15, -0.1) is 0 Å². The summed E-state index contributed by atoms with van der Waals surface area (Å²) in [5.74, 6) is -0.538. The van der Waals surface area contributed by atoms with Crippen molar-refractivity contribution in [3.8, 4) is 0 Å². The van der Waals surface area contributed by atoms with Gasteiger partial charge in [0.05, 0.1) is 19.5 Å². The van der Waals surface area contributed by atoms with Gasteiger partial charge in [-0.05, 0) is 25.3 Å². The predicted molar refractivity (Wildman–Crippen MR) is 57.3 cm³/mol. The van der Waals surface area contributed by atoms with E-state index in [1.807, 2.05) is 13.0 Å². The van der Waals surface area contributed by atoms with Crippen LogP contribution in [-0.2, 0) is 14.3 Å². The average molecular weight is 216 g/mol. The van der Waals surface area contributed by atoms with E-state index in [9.17, 15) is 4.79 Å². The second-order valence-corrected chi connectivity index (χ2v) is 3.12. The number of unbranched alkanes of at least 4 members (excludes halogenated alkanes) is 1. The van der Waals surface area contributed by atoms with E-state index in [1.54, 1.807) is 6.26 Å². The first-order valence-electron chi connectivity index (χ1n) is 5.34. The third-order valence-electron chi connectivity index (χ3n) is 1.72. The summed E-state index contributed by atoms with van der Waals surface area (Å²) in [7, 11) is 0. The smallest absolute Gasteiger partial charge is 0.331 e. The molecule has 0 fully saturated rings. The molecule has 0 radical (unpaired) electrons. The first-order chi connectivity index (χ1) is 7.31. The second kappa shape index (κ2) is 11.0. The Hall–Kier alpha value is -1.03. The van der Waals surface area contributed by atoms with Gasteiger partial charge in [-0.3, -0.25) is 0 Å². The number of allylic oxidation sites excluding steroid dienone is 1. The minimum absolute atomic E-state index is 0.426. The van der Waals surface area contributed by atoms with E-state index in [0.29, 0.717) is 6.61 Å². The van der Waals surface area contributed by atoms with Gasteiger partial charge in [-0.2, -0.15) is 0 Å². The Morgan fingerprint density at radius 2 is 2.40 bits per heavy atom. The molecule has 0 aromatic heterocycles. The molecule has 0 atom stereocenters. The van der Waals surface area contributed by atoms with Crippen molar-refractivity contribution in [2.45, 2.75) is 32.6 Å². The molecule has 1 rings (SSSR count). The van der Waals surface area contributed by atoms with Crippen LogP contribution in [0.25, 0.3) is 0 Å². The molecule has 1 N–H and O–H groups in total. The Morgan fingerprint density at radius 1 is 1.60 bits per heavy atom. The van der Waals surface area contributed by atoms with Crippen LogP contribution >= 0.6 is 0 Å². The van der Waals surface area contributed by atoms with E-state index in [-0.39, 0.29) is 0 Å². The van der Waals surface area contributed by atoms with E-state index in [4.69, 9.17) is 9.84 Å². The molecule has 1 aliphatic heterocycles. The summed E-state index contributed by atoms with van der Waals surface area (Å²) < 4.78 is 9.43. The fourth-order valence-corrected chi connectivity index (χ4v) is 0.865. The molecular weight excluding hydrogens is 196 g/mol. The molecule has 4 heteroatoms. The molecule has 15 heavy (non-hydrogen) atoms. The highest BCUT2D eigenvalue weighted by Crippen LogP contribution is 1.97. The number of rotatable bonds is 4. The second-order valence-electron chi connectivity index (χ2n) is 3.12. The first-order valence-corrected chi connectivity index (χ1v) is 5.34. The fourth-order valence-electron chi connectivity index (χ4n) is 0.865. The third kappa shape index (κ3) is 10.9. The average Bonchev–Trinajstić information content (AvgIpc) is 2.32. The summed E-state index contributed by atoms with van der Waals surface area (Å²) in [5.41, 5.74) is 0. The van der Waals surface area contributed by atoms with Crippen molar-refractivity contribution in [2.75, 3.05) is 19.8 Å². The molecule has 0 unspecified atom stereocenters. The number of ether oxygens (including phenoxy) is 2. The molecule has 1 aliphatic rings. The lowest BCUT2D eigenvalue weighted by atomic mass is 10.3. The van der Waals surface area contributed by atoms with Crippen molar-refractivity contribution in [1.82, 2.24) is 0 Å². The largest absolute Gasteiger partial charge is 0.502 e. The van der Waals surface area contributed by atoms with Gasteiger partial charge >= 0.3 is 5.97 Å². The van der Waals surface area contributed by atoms with E-state index >= 15 is 0 Å². The quantitative estimate of drug-likeness (QED) is 0.573. The lowest BCUT2D eigenvalue weighted by Gasteiger charge is -2.01. The van der Waals surface area contributed by atoms with Gasteiger partial charge in [-0.1, -0.05) is 13.3 Å². The van der Waals surface area contributed by atoms with Gasteiger partial charge in [-0.25, -0.2) is 4.79 Å². The topological polar surface area (TPSA) is 55.8 Å². The molecule has 0 saturated heterocycles. The Labute approximate surface area is 90.9 Å². The standard InChI is InChI=1S/C6H12O3.C5H8O/c1-2-3-4-9-6(8)5-7;1-2-4-6-5-3-1/h7H,2-5H2,1H3;2,4H,1,3,5H2. The van der Waals surface area contributed by atoms with Crippen LogP contribution in [0.1, 0.15) is 32.6 Å². The van der Waals surface area contributed by atoms with Gasteiger partial charge in [0.2, 0.25) is 0 Å². The highest BCUT2D eigenvalue weighted by atomic mass is 16.5. The molecular formula is C11H20O4. The molecule has 88 valence electrons. The fraction of sp³-hybridized carbons (Fsp3) is 0.727. The Balaban J connectivity index is 0.000000280. The van der Waals surface area contributed by atoms with Crippen molar-refractivity contribution in [3.63, 3.8) is 0 Å². The predicted octanol–water partition coefficient (Wildman–Crippen LogP) is 1.63. The highest BCUT2D eigenvalue weighted by Gasteiger charge is 1.95. The summed E-state index contributed by atoms with van der Waals surface area (Å²) in [6, 6.07) is 0. The maximum absolute atomic E-state index is 10.2. The zero-order chi connectivity index (χ0) is 11.4. The lowest BCUT2D eigenvalue weighted by molar-refractivity contribution is -0.146. The van der Waals surface area contributed by atoms with Crippen LogP contribution in [-0.4, -0.2) is 30.9 Å². The van der Waals surface area contributed by atoms with Crippen LogP contribution in [0.4, 0.5) is 0 Å². The number of carbonyl (C=O) groups is 1. The number of hydrogen-bond acceptors (Lipinski definition) is 4. The van der Waals surface area contributed by atoms with Crippen molar-refractivity contribution in [1.29, 1.82) is 0 Å². The first kappa shape index (κ1) is 14.0. The maximum atomic E-state index is 10.2. The van der Waals surface area contributed by atoms with Crippen LogP contribution in [0.2, 0.25) is 0 Å². The van der Waals surface area contributed by atoms with Crippen molar-refractivity contribution >= 4 is 5.97 Å². The monoisotopic (exact) mass is 216 g/mol. The number of esters is 1. The Kier molecular flexibility index (Phi) is 10.3. The molecule has 1 heterocycles. The molecule has 0 bridgehead atoms. The normalized spacial score (nSPS) is 13.5.